The SMILES string of the molecule is COc1ccc2c3c(oc2c1)-c1ccc2c(c1OC3)C=CC(C)(C)O2. The van der Waals surface area contributed by atoms with Gasteiger partial charge in [0, 0.05) is 17.0 Å². The average molecular weight is 334 g/mol. The summed E-state index contributed by atoms with van der Waals surface area (Å²) in [6.45, 7) is 4.56. The summed E-state index contributed by atoms with van der Waals surface area (Å²) in [4.78, 5) is 0. The minimum absolute atomic E-state index is 0.309. The van der Waals surface area contributed by atoms with Gasteiger partial charge in [0.15, 0.2) is 0 Å². The predicted molar refractivity (Wildman–Crippen MR) is 96.3 cm³/mol. The van der Waals surface area contributed by atoms with Crippen molar-refractivity contribution in [3.05, 3.63) is 47.5 Å². The summed E-state index contributed by atoms with van der Waals surface area (Å²) in [6.07, 6.45) is 4.13. The molecule has 0 fully saturated rings. The first-order chi connectivity index (χ1) is 12.1. The fourth-order valence-corrected chi connectivity index (χ4v) is 3.53. The number of fused-ring (bicyclic) bond motifs is 7. The highest BCUT2D eigenvalue weighted by Gasteiger charge is 2.30. The fourth-order valence-electron chi connectivity index (χ4n) is 3.53. The van der Waals surface area contributed by atoms with Crippen LogP contribution in [0.2, 0.25) is 0 Å². The summed E-state index contributed by atoms with van der Waals surface area (Å²) in [5.41, 5.74) is 3.51. The molecule has 0 N–H and O–H groups in total. The van der Waals surface area contributed by atoms with Crippen molar-refractivity contribution in [3.8, 4) is 28.6 Å². The van der Waals surface area contributed by atoms with Gasteiger partial charge in [-0.25, -0.2) is 0 Å². The second-order valence-electron chi connectivity index (χ2n) is 6.95. The highest BCUT2D eigenvalue weighted by atomic mass is 16.5. The van der Waals surface area contributed by atoms with Gasteiger partial charge in [-0.3, -0.25) is 0 Å². The van der Waals surface area contributed by atoms with Crippen LogP contribution in [0.3, 0.4) is 0 Å². The zero-order valence-corrected chi connectivity index (χ0v) is 14.4. The number of rotatable bonds is 1. The maximum Gasteiger partial charge on any atom is 0.145 e. The Morgan fingerprint density at radius 2 is 2.00 bits per heavy atom. The second kappa shape index (κ2) is 4.82. The normalized spacial score (nSPS) is 16.4. The standard InChI is InChI=1S/C21H18O4/c1-21(2)9-8-14-17(25-21)7-6-15-19(14)23-11-16-13-5-4-12(22-3)10-18(13)24-20(15)16/h4-10H,11H2,1-3H3. The van der Waals surface area contributed by atoms with Gasteiger partial charge in [-0.15, -0.1) is 0 Å². The van der Waals surface area contributed by atoms with Gasteiger partial charge in [-0.2, -0.15) is 0 Å². The lowest BCUT2D eigenvalue weighted by atomic mass is 9.96. The monoisotopic (exact) mass is 334 g/mol. The molecule has 0 saturated heterocycles. The van der Waals surface area contributed by atoms with Crippen LogP contribution in [0.25, 0.3) is 28.4 Å². The average Bonchev–Trinajstić information content (AvgIpc) is 2.98. The van der Waals surface area contributed by atoms with Crippen molar-refractivity contribution in [2.24, 2.45) is 0 Å². The van der Waals surface area contributed by atoms with Crippen molar-refractivity contribution in [3.63, 3.8) is 0 Å². The molecule has 0 saturated carbocycles. The third-order valence-corrected chi connectivity index (χ3v) is 4.79. The van der Waals surface area contributed by atoms with Crippen LogP contribution in [0.1, 0.15) is 25.0 Å². The predicted octanol–water partition coefficient (Wildman–Crippen LogP) is 5.19. The highest BCUT2D eigenvalue weighted by molar-refractivity contribution is 5.92. The smallest absolute Gasteiger partial charge is 0.145 e. The number of hydrogen-bond donors (Lipinski definition) is 0. The summed E-state index contributed by atoms with van der Waals surface area (Å²) in [7, 11) is 1.66. The van der Waals surface area contributed by atoms with E-state index in [1.165, 1.54) is 0 Å². The molecule has 3 heterocycles. The van der Waals surface area contributed by atoms with Gasteiger partial charge < -0.3 is 18.6 Å². The van der Waals surface area contributed by atoms with E-state index in [0.29, 0.717) is 6.61 Å². The van der Waals surface area contributed by atoms with E-state index in [1.807, 2.05) is 44.2 Å². The van der Waals surface area contributed by atoms with E-state index in [4.69, 9.17) is 18.6 Å². The zero-order chi connectivity index (χ0) is 17.2. The van der Waals surface area contributed by atoms with E-state index in [0.717, 1.165) is 50.7 Å². The Bertz CT molecular complexity index is 1040. The topological polar surface area (TPSA) is 40.8 Å². The maximum atomic E-state index is 6.17. The summed E-state index contributed by atoms with van der Waals surface area (Å²) < 4.78 is 23.6. The zero-order valence-electron chi connectivity index (χ0n) is 14.4. The van der Waals surface area contributed by atoms with Crippen LogP contribution in [0.15, 0.2) is 40.8 Å². The summed E-state index contributed by atoms with van der Waals surface area (Å²) in [5.74, 6) is 3.31. The quantitative estimate of drug-likeness (QED) is 0.614. The highest BCUT2D eigenvalue weighted by Crippen LogP contribution is 2.48. The first-order valence-corrected chi connectivity index (χ1v) is 8.33. The van der Waals surface area contributed by atoms with E-state index in [1.54, 1.807) is 7.11 Å². The minimum atomic E-state index is -0.309. The largest absolute Gasteiger partial charge is 0.497 e. The van der Waals surface area contributed by atoms with Crippen molar-refractivity contribution in [1.82, 2.24) is 0 Å². The van der Waals surface area contributed by atoms with Crippen molar-refractivity contribution in [2.45, 2.75) is 26.1 Å². The molecule has 0 bridgehead atoms. The van der Waals surface area contributed by atoms with E-state index in [2.05, 4.69) is 12.2 Å². The van der Waals surface area contributed by atoms with E-state index >= 15 is 0 Å². The molecule has 5 rings (SSSR count). The van der Waals surface area contributed by atoms with E-state index in [9.17, 15) is 0 Å². The molecule has 0 unspecified atom stereocenters. The molecule has 2 aromatic carbocycles. The molecule has 0 spiro atoms. The Balaban J connectivity index is 1.71. The lowest BCUT2D eigenvalue weighted by Gasteiger charge is -2.30. The molecular formula is C21H18O4. The van der Waals surface area contributed by atoms with Crippen LogP contribution in [0.5, 0.6) is 17.2 Å². The van der Waals surface area contributed by atoms with E-state index in [-0.39, 0.29) is 5.60 Å². The molecule has 0 aliphatic carbocycles. The molecule has 2 aliphatic heterocycles. The van der Waals surface area contributed by atoms with Gasteiger partial charge in [0.05, 0.1) is 18.2 Å². The maximum absolute atomic E-state index is 6.17. The molecule has 25 heavy (non-hydrogen) atoms. The van der Waals surface area contributed by atoms with Crippen LogP contribution in [0.4, 0.5) is 0 Å². The van der Waals surface area contributed by atoms with Crippen molar-refractivity contribution < 1.29 is 18.6 Å². The third-order valence-electron chi connectivity index (χ3n) is 4.79. The first-order valence-electron chi connectivity index (χ1n) is 8.33. The molecule has 4 heteroatoms. The lowest BCUT2D eigenvalue weighted by molar-refractivity contribution is 0.157. The molecule has 4 nitrogen and oxygen atoms in total. The van der Waals surface area contributed by atoms with Gasteiger partial charge in [-0.1, -0.05) is 0 Å². The fraction of sp³-hybridized carbons (Fsp3) is 0.238. The third kappa shape index (κ3) is 2.07. The van der Waals surface area contributed by atoms with Crippen LogP contribution in [-0.4, -0.2) is 12.7 Å². The van der Waals surface area contributed by atoms with Gasteiger partial charge in [0.25, 0.3) is 0 Å². The molecular weight excluding hydrogens is 316 g/mol. The second-order valence-corrected chi connectivity index (χ2v) is 6.95. The Morgan fingerprint density at radius 1 is 1.12 bits per heavy atom. The van der Waals surface area contributed by atoms with Crippen LogP contribution < -0.4 is 14.2 Å². The van der Waals surface area contributed by atoms with Crippen molar-refractivity contribution in [2.75, 3.05) is 7.11 Å². The minimum Gasteiger partial charge on any atom is -0.497 e. The number of ether oxygens (including phenoxy) is 3. The molecule has 0 atom stereocenters. The Hall–Kier alpha value is -2.88. The van der Waals surface area contributed by atoms with Gasteiger partial charge in [0.1, 0.15) is 40.8 Å². The van der Waals surface area contributed by atoms with Crippen LogP contribution in [0, 0.1) is 0 Å². The van der Waals surface area contributed by atoms with E-state index < -0.39 is 0 Å². The summed E-state index contributed by atoms with van der Waals surface area (Å²) >= 11 is 0. The lowest BCUT2D eigenvalue weighted by Crippen LogP contribution is -2.27. The molecule has 2 aliphatic rings. The Morgan fingerprint density at radius 3 is 2.84 bits per heavy atom. The summed E-state index contributed by atoms with van der Waals surface area (Å²) in [5, 5.41) is 1.06. The number of furan rings is 1. The van der Waals surface area contributed by atoms with Gasteiger partial charge >= 0.3 is 0 Å². The Labute approximate surface area is 145 Å². The Kier molecular flexibility index (Phi) is 2.79. The molecule has 1 aromatic heterocycles. The van der Waals surface area contributed by atoms with Crippen molar-refractivity contribution in [1.29, 1.82) is 0 Å². The van der Waals surface area contributed by atoms with Gasteiger partial charge in [-0.05, 0) is 50.3 Å². The van der Waals surface area contributed by atoms with Crippen molar-refractivity contribution >= 4 is 17.0 Å². The molecule has 0 amide bonds. The van der Waals surface area contributed by atoms with Crippen LogP contribution >= 0.6 is 0 Å². The summed E-state index contributed by atoms with van der Waals surface area (Å²) in [6, 6.07) is 9.89. The van der Waals surface area contributed by atoms with Gasteiger partial charge in [0.2, 0.25) is 0 Å². The number of methoxy groups -OCH3 is 1. The van der Waals surface area contributed by atoms with Crippen LogP contribution in [-0.2, 0) is 6.61 Å². The molecule has 126 valence electrons. The number of hydrogen-bond acceptors (Lipinski definition) is 4. The molecule has 3 aromatic rings. The molecule has 0 radical (unpaired) electrons. The number of benzene rings is 2. The first kappa shape index (κ1) is 14.5.